The highest BCUT2D eigenvalue weighted by molar-refractivity contribution is 9.10. The Labute approximate surface area is 74.4 Å². The highest BCUT2D eigenvalue weighted by Gasteiger charge is 1.94. The molecular weight excluding hydrogens is 210 g/mol. The lowest BCUT2D eigenvalue weighted by Gasteiger charge is -2.02. The van der Waals surface area contributed by atoms with Crippen molar-refractivity contribution in [2.75, 3.05) is 12.4 Å². The maximum Gasteiger partial charge on any atom is 0.0473 e. The van der Waals surface area contributed by atoms with Gasteiger partial charge in [0.25, 0.3) is 0 Å². The average molecular weight is 218 g/mol. The number of anilines is 1. The van der Waals surface area contributed by atoms with Gasteiger partial charge in [-0.25, -0.2) is 0 Å². The molecule has 1 aromatic carbocycles. The Kier molecular flexibility index (Phi) is 2.63. The van der Waals surface area contributed by atoms with Crippen LogP contribution >= 0.6 is 28.6 Å². The highest BCUT2D eigenvalue weighted by atomic mass is 79.9. The number of hydrogen-bond donors (Lipinski definition) is 2. The second-order valence-corrected chi connectivity index (χ2v) is 3.31. The molecule has 0 amide bonds. The third-order valence-corrected chi connectivity index (χ3v) is 2.09. The van der Waals surface area contributed by atoms with Crippen LogP contribution in [0.4, 0.5) is 5.69 Å². The Bertz CT molecular complexity index is 237. The Morgan fingerprint density at radius 1 is 1.50 bits per heavy atom. The van der Waals surface area contributed by atoms with Crippen LogP contribution in [0.3, 0.4) is 0 Å². The van der Waals surface area contributed by atoms with Gasteiger partial charge < -0.3 is 5.32 Å². The number of thiol groups is 1. The monoisotopic (exact) mass is 217 g/mol. The van der Waals surface area contributed by atoms with Gasteiger partial charge in [-0.2, -0.15) is 0 Å². The highest BCUT2D eigenvalue weighted by Crippen LogP contribution is 2.23. The van der Waals surface area contributed by atoms with E-state index in [0.717, 1.165) is 15.1 Å². The van der Waals surface area contributed by atoms with Crippen LogP contribution in [0.1, 0.15) is 0 Å². The molecule has 0 aliphatic rings. The topological polar surface area (TPSA) is 12.0 Å². The molecule has 0 bridgehead atoms. The first kappa shape index (κ1) is 7.95. The summed E-state index contributed by atoms with van der Waals surface area (Å²) in [5, 5.41) is 3.03. The summed E-state index contributed by atoms with van der Waals surface area (Å²) < 4.78 is 1.05. The normalized spacial score (nSPS) is 9.50. The van der Waals surface area contributed by atoms with Crippen LogP contribution in [0.15, 0.2) is 27.6 Å². The summed E-state index contributed by atoms with van der Waals surface area (Å²) >= 11 is 7.60. The van der Waals surface area contributed by atoms with Gasteiger partial charge in [-0.15, -0.1) is 12.6 Å². The number of halogens is 1. The lowest BCUT2D eigenvalue weighted by molar-refractivity contribution is 1.38. The molecule has 1 nitrogen and oxygen atoms in total. The van der Waals surface area contributed by atoms with Crippen molar-refractivity contribution in [1.82, 2.24) is 0 Å². The minimum atomic E-state index is 0.955. The molecule has 1 aromatic rings. The summed E-state index contributed by atoms with van der Waals surface area (Å²) in [6.45, 7) is 0. The van der Waals surface area contributed by atoms with Crippen molar-refractivity contribution in [3.8, 4) is 0 Å². The fraction of sp³-hybridized carbons (Fsp3) is 0.143. The SMILES string of the molecule is CNc1ccc(Br)cc1S. The van der Waals surface area contributed by atoms with Crippen LogP contribution in [-0.4, -0.2) is 7.05 Å². The van der Waals surface area contributed by atoms with Gasteiger partial charge in [-0.3, -0.25) is 0 Å². The molecule has 1 rings (SSSR count). The molecule has 0 saturated carbocycles. The molecule has 0 saturated heterocycles. The van der Waals surface area contributed by atoms with Crippen molar-refractivity contribution in [3.05, 3.63) is 22.7 Å². The first-order valence-corrected chi connectivity index (χ1v) is 4.14. The molecule has 0 atom stereocenters. The van der Waals surface area contributed by atoms with Gasteiger partial charge in [0, 0.05) is 22.1 Å². The van der Waals surface area contributed by atoms with Crippen molar-refractivity contribution in [1.29, 1.82) is 0 Å². The standard InChI is InChI=1S/C7H8BrNS/c1-9-6-3-2-5(8)4-7(6)10/h2-4,9-10H,1H3. The van der Waals surface area contributed by atoms with Crippen molar-refractivity contribution in [2.45, 2.75) is 4.90 Å². The van der Waals surface area contributed by atoms with E-state index in [-0.39, 0.29) is 0 Å². The maximum absolute atomic E-state index is 4.26. The van der Waals surface area contributed by atoms with Crippen LogP contribution in [0.5, 0.6) is 0 Å². The molecule has 0 spiro atoms. The molecule has 0 aromatic heterocycles. The van der Waals surface area contributed by atoms with E-state index in [4.69, 9.17) is 0 Å². The number of hydrogen-bond acceptors (Lipinski definition) is 2. The van der Waals surface area contributed by atoms with Crippen molar-refractivity contribution in [2.24, 2.45) is 0 Å². The lowest BCUT2D eigenvalue weighted by Crippen LogP contribution is -1.88. The van der Waals surface area contributed by atoms with Gasteiger partial charge >= 0.3 is 0 Å². The Hall–Kier alpha value is -0.150. The minimum absolute atomic E-state index is 0.955. The molecule has 0 aliphatic carbocycles. The molecule has 0 aliphatic heterocycles. The molecule has 10 heavy (non-hydrogen) atoms. The zero-order valence-corrected chi connectivity index (χ0v) is 8.04. The summed E-state index contributed by atoms with van der Waals surface area (Å²) in [5.41, 5.74) is 1.05. The molecule has 0 radical (unpaired) electrons. The van der Waals surface area contributed by atoms with Gasteiger partial charge in [-0.05, 0) is 18.2 Å². The van der Waals surface area contributed by atoms with E-state index in [1.807, 2.05) is 25.2 Å². The first-order chi connectivity index (χ1) is 4.74. The molecule has 54 valence electrons. The molecule has 3 heteroatoms. The zero-order chi connectivity index (χ0) is 7.56. The maximum atomic E-state index is 4.26. The first-order valence-electron chi connectivity index (χ1n) is 2.90. The van der Waals surface area contributed by atoms with Crippen LogP contribution in [-0.2, 0) is 0 Å². The van der Waals surface area contributed by atoms with E-state index in [1.165, 1.54) is 0 Å². The molecular formula is C7H8BrNS. The van der Waals surface area contributed by atoms with E-state index < -0.39 is 0 Å². The van der Waals surface area contributed by atoms with Crippen LogP contribution < -0.4 is 5.32 Å². The van der Waals surface area contributed by atoms with E-state index in [2.05, 4.69) is 33.9 Å². The number of rotatable bonds is 1. The second-order valence-electron chi connectivity index (χ2n) is 1.91. The van der Waals surface area contributed by atoms with Gasteiger partial charge in [0.15, 0.2) is 0 Å². The molecule has 0 heterocycles. The van der Waals surface area contributed by atoms with E-state index in [9.17, 15) is 0 Å². The summed E-state index contributed by atoms with van der Waals surface area (Å²) in [5.74, 6) is 0. The lowest BCUT2D eigenvalue weighted by atomic mass is 10.3. The minimum Gasteiger partial charge on any atom is -0.387 e. The quantitative estimate of drug-likeness (QED) is 0.690. The summed E-state index contributed by atoms with van der Waals surface area (Å²) in [7, 11) is 1.88. The summed E-state index contributed by atoms with van der Waals surface area (Å²) in [6, 6.07) is 5.91. The van der Waals surface area contributed by atoms with Crippen molar-refractivity contribution >= 4 is 34.2 Å². The predicted octanol–water partition coefficient (Wildman–Crippen LogP) is 2.78. The van der Waals surface area contributed by atoms with Crippen molar-refractivity contribution in [3.63, 3.8) is 0 Å². The average Bonchev–Trinajstić information content (AvgIpc) is 1.88. The number of nitrogens with one attached hydrogen (secondary N) is 1. The molecule has 1 N–H and O–H groups in total. The summed E-state index contributed by atoms with van der Waals surface area (Å²) in [6.07, 6.45) is 0. The Morgan fingerprint density at radius 2 is 2.20 bits per heavy atom. The third kappa shape index (κ3) is 1.67. The third-order valence-electron chi connectivity index (χ3n) is 1.23. The predicted molar refractivity (Wildman–Crippen MR) is 50.9 cm³/mol. The Balaban J connectivity index is 3.07. The van der Waals surface area contributed by atoms with Gasteiger partial charge in [0.2, 0.25) is 0 Å². The van der Waals surface area contributed by atoms with Crippen LogP contribution in [0.2, 0.25) is 0 Å². The molecule has 0 unspecified atom stereocenters. The van der Waals surface area contributed by atoms with Crippen LogP contribution in [0, 0.1) is 0 Å². The smallest absolute Gasteiger partial charge is 0.0473 e. The fourth-order valence-electron chi connectivity index (χ4n) is 0.716. The van der Waals surface area contributed by atoms with Crippen LogP contribution in [0.25, 0.3) is 0 Å². The van der Waals surface area contributed by atoms with E-state index in [1.54, 1.807) is 0 Å². The molecule has 0 fully saturated rings. The zero-order valence-electron chi connectivity index (χ0n) is 5.56. The van der Waals surface area contributed by atoms with Gasteiger partial charge in [0.05, 0.1) is 0 Å². The fourth-order valence-corrected chi connectivity index (χ4v) is 1.58. The van der Waals surface area contributed by atoms with E-state index >= 15 is 0 Å². The number of benzene rings is 1. The van der Waals surface area contributed by atoms with Crippen molar-refractivity contribution < 1.29 is 0 Å². The van der Waals surface area contributed by atoms with E-state index in [0.29, 0.717) is 0 Å². The Morgan fingerprint density at radius 3 is 2.70 bits per heavy atom. The van der Waals surface area contributed by atoms with Gasteiger partial charge in [0.1, 0.15) is 0 Å². The second kappa shape index (κ2) is 3.30. The van der Waals surface area contributed by atoms with Gasteiger partial charge in [-0.1, -0.05) is 15.9 Å². The summed E-state index contributed by atoms with van der Waals surface area (Å²) in [4.78, 5) is 0.955. The largest absolute Gasteiger partial charge is 0.387 e.